The summed E-state index contributed by atoms with van der Waals surface area (Å²) in [4.78, 5) is 14.2. The average molecular weight is 265 g/mol. The summed E-state index contributed by atoms with van der Waals surface area (Å²) in [6, 6.07) is -0.276. The molecule has 0 aliphatic carbocycles. The number of aryl methyl sites for hydroxylation is 2. The lowest BCUT2D eigenvalue weighted by Crippen LogP contribution is -2.40. The molecule has 1 saturated heterocycles. The molecule has 2 rings (SSSR count). The standard InChI is InChI=1S/C13H23N5O/c1-4-18-12(11(14)9(2)16-18)15-10(3)13(19)17-7-5-6-8-17/h10,15H,4-8,14H2,1-3H3. The van der Waals surface area contributed by atoms with Crippen molar-refractivity contribution in [3.63, 3.8) is 0 Å². The van der Waals surface area contributed by atoms with Crippen molar-refractivity contribution < 1.29 is 4.79 Å². The van der Waals surface area contributed by atoms with Crippen LogP contribution in [-0.4, -0.2) is 39.7 Å². The SMILES string of the molecule is CCn1nc(C)c(N)c1NC(C)C(=O)N1CCCC1. The van der Waals surface area contributed by atoms with Gasteiger partial charge in [-0.1, -0.05) is 0 Å². The summed E-state index contributed by atoms with van der Waals surface area (Å²) < 4.78 is 1.80. The van der Waals surface area contributed by atoms with Gasteiger partial charge in [0.1, 0.15) is 11.9 Å². The van der Waals surface area contributed by atoms with Gasteiger partial charge in [0.05, 0.1) is 11.4 Å². The molecule has 1 amide bonds. The minimum Gasteiger partial charge on any atom is -0.394 e. The number of nitrogen functional groups attached to an aromatic ring is 1. The largest absolute Gasteiger partial charge is 0.394 e. The van der Waals surface area contributed by atoms with Crippen LogP contribution < -0.4 is 11.1 Å². The highest BCUT2D eigenvalue weighted by Crippen LogP contribution is 2.23. The number of amides is 1. The van der Waals surface area contributed by atoms with E-state index in [4.69, 9.17) is 5.73 Å². The normalized spacial score (nSPS) is 16.7. The zero-order valence-corrected chi connectivity index (χ0v) is 11.9. The van der Waals surface area contributed by atoms with E-state index in [2.05, 4.69) is 10.4 Å². The van der Waals surface area contributed by atoms with E-state index >= 15 is 0 Å². The van der Waals surface area contributed by atoms with Gasteiger partial charge >= 0.3 is 0 Å². The van der Waals surface area contributed by atoms with Crippen molar-refractivity contribution in [1.82, 2.24) is 14.7 Å². The molecular formula is C13H23N5O. The van der Waals surface area contributed by atoms with Crippen molar-refractivity contribution in [2.24, 2.45) is 0 Å². The third kappa shape index (κ3) is 2.67. The molecule has 0 radical (unpaired) electrons. The number of likely N-dealkylation sites (tertiary alicyclic amines) is 1. The van der Waals surface area contributed by atoms with Crippen molar-refractivity contribution in [1.29, 1.82) is 0 Å². The summed E-state index contributed by atoms with van der Waals surface area (Å²) in [6.07, 6.45) is 2.21. The predicted octanol–water partition coefficient (Wildman–Crippen LogP) is 1.22. The fourth-order valence-electron chi connectivity index (χ4n) is 2.45. The molecule has 1 aliphatic rings. The van der Waals surface area contributed by atoms with Gasteiger partial charge in [-0.2, -0.15) is 5.10 Å². The third-order valence-electron chi connectivity index (χ3n) is 3.61. The molecule has 106 valence electrons. The molecule has 1 atom stereocenters. The van der Waals surface area contributed by atoms with E-state index < -0.39 is 0 Å². The Morgan fingerprint density at radius 3 is 2.68 bits per heavy atom. The molecule has 6 nitrogen and oxygen atoms in total. The summed E-state index contributed by atoms with van der Waals surface area (Å²) in [5.41, 5.74) is 7.43. The highest BCUT2D eigenvalue weighted by atomic mass is 16.2. The fourth-order valence-corrected chi connectivity index (χ4v) is 2.45. The maximum atomic E-state index is 12.3. The van der Waals surface area contributed by atoms with Crippen molar-refractivity contribution in [2.45, 2.75) is 46.2 Å². The predicted molar refractivity (Wildman–Crippen MR) is 75.9 cm³/mol. The monoisotopic (exact) mass is 265 g/mol. The van der Waals surface area contributed by atoms with Gasteiger partial charge in [0.25, 0.3) is 0 Å². The Morgan fingerprint density at radius 1 is 1.47 bits per heavy atom. The Kier molecular flexibility index (Phi) is 3.97. The molecule has 0 spiro atoms. The first-order valence-corrected chi connectivity index (χ1v) is 6.92. The van der Waals surface area contributed by atoms with E-state index in [1.54, 1.807) is 4.68 Å². The Hall–Kier alpha value is -1.72. The molecule has 1 fully saturated rings. The topological polar surface area (TPSA) is 76.2 Å². The van der Waals surface area contributed by atoms with Gasteiger partial charge in [-0.3, -0.25) is 4.79 Å². The number of carbonyl (C=O) groups is 1. The fraction of sp³-hybridized carbons (Fsp3) is 0.692. The maximum Gasteiger partial charge on any atom is 0.244 e. The van der Waals surface area contributed by atoms with E-state index in [1.807, 2.05) is 25.7 Å². The number of nitrogens with zero attached hydrogens (tertiary/aromatic N) is 3. The number of aromatic nitrogens is 2. The first-order chi connectivity index (χ1) is 9.04. The van der Waals surface area contributed by atoms with Gasteiger partial charge < -0.3 is 16.0 Å². The quantitative estimate of drug-likeness (QED) is 0.858. The highest BCUT2D eigenvalue weighted by Gasteiger charge is 2.24. The number of rotatable bonds is 4. The van der Waals surface area contributed by atoms with Gasteiger partial charge in [0.2, 0.25) is 5.91 Å². The summed E-state index contributed by atoms with van der Waals surface area (Å²) in [7, 11) is 0. The summed E-state index contributed by atoms with van der Waals surface area (Å²) in [5.74, 6) is 0.887. The minimum absolute atomic E-state index is 0.137. The van der Waals surface area contributed by atoms with Crippen LogP contribution in [0.2, 0.25) is 0 Å². The van der Waals surface area contributed by atoms with E-state index in [-0.39, 0.29) is 11.9 Å². The number of carbonyl (C=O) groups excluding carboxylic acids is 1. The zero-order chi connectivity index (χ0) is 14.0. The number of hydrogen-bond donors (Lipinski definition) is 2. The van der Waals surface area contributed by atoms with Crippen molar-refractivity contribution in [2.75, 3.05) is 24.1 Å². The molecule has 6 heteroatoms. The van der Waals surface area contributed by atoms with Gasteiger partial charge in [-0.05, 0) is 33.6 Å². The van der Waals surface area contributed by atoms with Crippen LogP contribution in [0.15, 0.2) is 0 Å². The van der Waals surface area contributed by atoms with Crippen molar-refractivity contribution >= 4 is 17.4 Å². The van der Waals surface area contributed by atoms with Gasteiger partial charge in [0, 0.05) is 19.6 Å². The molecule has 2 heterocycles. The van der Waals surface area contributed by atoms with E-state index in [1.165, 1.54) is 0 Å². The first kappa shape index (κ1) is 13.7. The lowest BCUT2D eigenvalue weighted by atomic mass is 10.2. The van der Waals surface area contributed by atoms with Crippen LogP contribution in [0.1, 0.15) is 32.4 Å². The summed E-state index contributed by atoms with van der Waals surface area (Å²) in [6.45, 7) is 8.22. The van der Waals surface area contributed by atoms with Crippen LogP contribution in [0.3, 0.4) is 0 Å². The molecule has 3 N–H and O–H groups in total. The molecular weight excluding hydrogens is 242 g/mol. The highest BCUT2D eigenvalue weighted by molar-refractivity contribution is 5.85. The molecule has 0 aromatic carbocycles. The van der Waals surface area contributed by atoms with E-state index in [9.17, 15) is 4.79 Å². The summed E-state index contributed by atoms with van der Waals surface area (Å²) >= 11 is 0. The Bertz CT molecular complexity index is 462. The van der Waals surface area contributed by atoms with Gasteiger partial charge in [-0.25, -0.2) is 4.68 Å². The van der Waals surface area contributed by atoms with Gasteiger partial charge in [0.15, 0.2) is 0 Å². The van der Waals surface area contributed by atoms with Crippen LogP contribution in [0.25, 0.3) is 0 Å². The van der Waals surface area contributed by atoms with E-state index in [0.29, 0.717) is 5.69 Å². The molecule has 1 unspecified atom stereocenters. The van der Waals surface area contributed by atoms with Crippen molar-refractivity contribution in [3.05, 3.63) is 5.69 Å². The molecule has 0 saturated carbocycles. The second-order valence-corrected chi connectivity index (χ2v) is 5.06. The molecule has 1 aromatic rings. The molecule has 1 aliphatic heterocycles. The Labute approximate surface area is 113 Å². The molecule has 19 heavy (non-hydrogen) atoms. The second kappa shape index (κ2) is 5.50. The maximum absolute atomic E-state index is 12.3. The van der Waals surface area contributed by atoms with Gasteiger partial charge in [-0.15, -0.1) is 0 Å². The Morgan fingerprint density at radius 2 is 2.11 bits per heavy atom. The average Bonchev–Trinajstić information content (AvgIpc) is 3.01. The van der Waals surface area contributed by atoms with Crippen LogP contribution in [0.4, 0.5) is 11.5 Å². The lowest BCUT2D eigenvalue weighted by molar-refractivity contribution is -0.130. The first-order valence-electron chi connectivity index (χ1n) is 6.92. The van der Waals surface area contributed by atoms with E-state index in [0.717, 1.165) is 44.0 Å². The second-order valence-electron chi connectivity index (χ2n) is 5.06. The molecule has 0 bridgehead atoms. The minimum atomic E-state index is -0.276. The molecule has 1 aromatic heterocycles. The number of nitrogens with one attached hydrogen (secondary N) is 1. The number of anilines is 2. The van der Waals surface area contributed by atoms with Crippen LogP contribution in [0.5, 0.6) is 0 Å². The number of hydrogen-bond acceptors (Lipinski definition) is 4. The third-order valence-corrected chi connectivity index (χ3v) is 3.61. The van der Waals surface area contributed by atoms with Crippen molar-refractivity contribution in [3.8, 4) is 0 Å². The zero-order valence-electron chi connectivity index (χ0n) is 11.9. The van der Waals surface area contributed by atoms with Crippen LogP contribution in [-0.2, 0) is 11.3 Å². The Balaban J connectivity index is 2.09. The lowest BCUT2D eigenvalue weighted by Gasteiger charge is -2.22. The smallest absolute Gasteiger partial charge is 0.244 e. The summed E-state index contributed by atoms with van der Waals surface area (Å²) in [5, 5.41) is 7.55. The number of nitrogens with two attached hydrogens (primary N) is 1. The van der Waals surface area contributed by atoms with Crippen LogP contribution in [0, 0.1) is 6.92 Å². The van der Waals surface area contributed by atoms with Crippen LogP contribution >= 0.6 is 0 Å².